The number of ketones is 3. The van der Waals surface area contributed by atoms with Crippen LogP contribution in [-0.2, 0) is 52.2 Å². The molecule has 2 bridgehead atoms. The number of rotatable bonds is 8. The summed E-state index contributed by atoms with van der Waals surface area (Å²) in [5.41, 5.74) is 0.147. The van der Waals surface area contributed by atoms with Crippen molar-refractivity contribution in [2.75, 3.05) is 41.1 Å². The number of carbonyl (C=O) groups is 5. The first kappa shape index (κ1) is 45.5. The van der Waals surface area contributed by atoms with E-state index in [1.54, 1.807) is 14.0 Å². The largest absolute Gasteiger partial charge is 0.460 e. The summed E-state index contributed by atoms with van der Waals surface area (Å²) in [6.07, 6.45) is 3.13. The molecule has 1 aliphatic carbocycles. The lowest BCUT2D eigenvalue weighted by atomic mass is 9.78. The smallest absolute Gasteiger partial charge is 0.329 e. The molecule has 3 aliphatic heterocycles. The van der Waals surface area contributed by atoms with E-state index in [4.69, 9.17) is 39.2 Å². The highest BCUT2D eigenvalue weighted by atomic mass is 31.2. The third-order valence-electron chi connectivity index (χ3n) is 14.5. The molecule has 1 saturated carbocycles. The van der Waals surface area contributed by atoms with Crippen LogP contribution in [0.5, 0.6) is 0 Å². The number of hydrogen-bond acceptors (Lipinski definition) is 13. The lowest BCUT2D eigenvalue weighted by Crippen LogP contribution is -2.61. The van der Waals surface area contributed by atoms with E-state index in [0.717, 1.165) is 18.1 Å². The van der Waals surface area contributed by atoms with Crippen molar-refractivity contribution in [1.29, 1.82) is 0 Å². The maximum Gasteiger partial charge on any atom is 0.329 e. The highest BCUT2D eigenvalue weighted by Crippen LogP contribution is 2.44. The predicted octanol–water partition coefficient (Wildman–Crippen LogP) is 8.08. The van der Waals surface area contributed by atoms with Crippen LogP contribution >= 0.6 is 7.11 Å². The number of allylic oxidation sites excluding steroid dienone is 6. The molecule has 0 aromatic carbocycles. The van der Waals surface area contributed by atoms with Gasteiger partial charge in [0.15, 0.2) is 5.78 Å². The number of hydrogen-bond donors (Lipinski definition) is 2. The van der Waals surface area contributed by atoms with Gasteiger partial charge in [0.25, 0.3) is 11.7 Å². The fourth-order valence-corrected chi connectivity index (χ4v) is 10.8. The van der Waals surface area contributed by atoms with E-state index in [0.29, 0.717) is 38.5 Å². The number of carbonyl (C=O) groups excluding carboxylic acids is 5. The summed E-state index contributed by atoms with van der Waals surface area (Å²) < 4.78 is 121. The van der Waals surface area contributed by atoms with Gasteiger partial charge >= 0.3 is 5.97 Å². The molecule has 4 rings (SSSR count). The normalized spacial score (nSPS) is 43.8. The second-order valence-electron chi connectivity index (χ2n) is 20.4. The van der Waals surface area contributed by atoms with Crippen LogP contribution in [0.15, 0.2) is 47.6 Å². The van der Waals surface area contributed by atoms with Crippen molar-refractivity contribution in [3.8, 4) is 0 Å². The van der Waals surface area contributed by atoms with Gasteiger partial charge in [-0.1, -0.05) is 84.2 Å². The summed E-state index contributed by atoms with van der Waals surface area (Å²) in [6, 6.07) is -1.47. The minimum absolute atomic E-state index is 0.0316. The van der Waals surface area contributed by atoms with Crippen molar-refractivity contribution in [2.24, 2.45) is 41.4 Å². The van der Waals surface area contributed by atoms with E-state index in [-0.39, 0.29) is 42.2 Å². The van der Waals surface area contributed by atoms with Crippen LogP contribution in [0, 0.1) is 41.4 Å². The van der Waals surface area contributed by atoms with Gasteiger partial charge < -0.3 is 43.3 Å². The van der Waals surface area contributed by atoms with Crippen molar-refractivity contribution < 1.29 is 76.1 Å². The van der Waals surface area contributed by atoms with Crippen molar-refractivity contribution >= 4 is 42.6 Å². The number of nitrogens with zero attached hydrogens (tertiary/aromatic N) is 1. The number of esters is 1. The zero-order valence-corrected chi connectivity index (χ0v) is 44.1. The molecule has 4 aliphatic rings. The molecule has 0 spiro atoms. The molecule has 1 amide bonds. The number of piperidine rings is 1. The van der Waals surface area contributed by atoms with Crippen LogP contribution < -0.4 is 0 Å². The van der Waals surface area contributed by atoms with Crippen LogP contribution in [0.1, 0.15) is 140 Å². The molecule has 0 radical (unpaired) electrons. The van der Waals surface area contributed by atoms with Gasteiger partial charge in [-0.05, 0) is 127 Å². The van der Waals surface area contributed by atoms with Crippen LogP contribution in [0.4, 0.5) is 0 Å². The maximum atomic E-state index is 14.7. The Balaban J connectivity index is 1.88. The molecule has 0 aromatic rings. The number of ether oxygens (including phenoxy) is 5. The highest BCUT2D eigenvalue weighted by Gasteiger charge is 2.53. The van der Waals surface area contributed by atoms with E-state index < -0.39 is 154 Å². The van der Waals surface area contributed by atoms with Gasteiger partial charge in [0.1, 0.15) is 30.1 Å². The van der Waals surface area contributed by atoms with E-state index in [1.165, 1.54) is 71.9 Å². The van der Waals surface area contributed by atoms with E-state index >= 15 is 0 Å². The summed E-state index contributed by atoms with van der Waals surface area (Å²) in [5, 5.41) is 23.9. The summed E-state index contributed by atoms with van der Waals surface area (Å²) >= 11 is 0. The second kappa shape index (κ2) is 26.8. The fourth-order valence-electron chi connectivity index (χ4n) is 9.82. The van der Waals surface area contributed by atoms with Gasteiger partial charge in [-0.3, -0.25) is 19.2 Å². The lowest BCUT2D eigenvalue weighted by Gasteiger charge is -2.42. The van der Waals surface area contributed by atoms with Gasteiger partial charge in [-0.25, -0.2) is 4.79 Å². The number of fused-ring (bicyclic) bond motifs is 3. The first-order valence-electron chi connectivity index (χ1n) is 29.6. The van der Waals surface area contributed by atoms with Crippen molar-refractivity contribution in [2.45, 2.75) is 180 Å². The SMILES string of the molecule is [2H]C([2H])([2H])O[C@H]1C[C@@H]2CC([2H])([2H])[C@@H](C)[C@@](O)(O2)C(=O)C(=O)N2CCCC[C@H]2C(=O)O[C@H]([C@H](C)C[C@@H]2CC[C@@H](OP(=C)(C)C)[C@H](OC)C2)CC(=O)[C@H](C([2H])([2H])[2H])/C=C(\C)[C@@H](O)[C@@H](OC)C(=O)[C@H](C)C([2H])(C)[C@]([2H])(C)/C=C/C=CC=C1C. The average Bonchev–Trinajstić information content (AvgIpc) is 3.34. The molecular formula is C55H88NO13P. The molecule has 3 fully saturated rings. The number of aliphatic hydroxyl groups is 2. The van der Waals surface area contributed by atoms with Gasteiger partial charge in [-0.2, -0.15) is 0 Å². The number of amides is 1. The number of aliphatic hydroxyl groups excluding tert-OH is 1. The van der Waals surface area contributed by atoms with Crippen molar-refractivity contribution in [1.82, 2.24) is 4.90 Å². The summed E-state index contributed by atoms with van der Waals surface area (Å²) in [7, 11) is -2.19. The molecule has 14 nitrogen and oxygen atoms in total. The van der Waals surface area contributed by atoms with Gasteiger partial charge in [-0.15, -0.1) is 0 Å². The first-order chi connectivity index (χ1) is 36.6. The molecule has 0 aromatic heterocycles. The molecular weight excluding hydrogens is 914 g/mol. The van der Waals surface area contributed by atoms with Gasteiger partial charge in [0.2, 0.25) is 5.79 Å². The molecule has 3 heterocycles. The van der Waals surface area contributed by atoms with Crippen LogP contribution in [0.2, 0.25) is 0 Å². The molecule has 70 heavy (non-hydrogen) atoms. The minimum Gasteiger partial charge on any atom is -0.460 e. The Bertz CT molecular complexity index is 2380. The van der Waals surface area contributed by atoms with Crippen molar-refractivity contribution in [3.05, 3.63) is 47.6 Å². The molecule has 2 saturated heterocycles. The fraction of sp³-hybridized carbons (Fsp3) is 0.745. The van der Waals surface area contributed by atoms with Crippen LogP contribution in [0.3, 0.4) is 0 Å². The lowest BCUT2D eigenvalue weighted by molar-refractivity contribution is -0.265. The quantitative estimate of drug-likeness (QED) is 0.103. The van der Waals surface area contributed by atoms with E-state index in [9.17, 15) is 36.9 Å². The van der Waals surface area contributed by atoms with Crippen LogP contribution in [-0.4, -0.2) is 146 Å². The Hall–Kier alpha value is -3.07. The standard InChI is InChI=1S/C55H88NO13P/c1-33-20-16-15-17-21-34(2)46(64-9)31-42-25-23-38(6)55(63,68-42)52(60)53(61)56-27-19-18-22-43(56)54(62)67-47(36(4)29-41-24-26-45(48(30-41)65-10)69-70(12,13)14)32-44(57)35(3)28-37(5)49(58)51(66-11)50(59)40(8)39(33)7/h15-17,20-21,28,33,35-36,38-43,45-49,51,58,63H,12,18-19,22-27,29-32H2,1-11,13-14H3/b17-15?,20-16+,34-21?,37-28+/t33-,35-,36-,38-,39?,40-,41+,42+,43+,45-,46+,47+,48-,49-,51-,55-/m1/s1/i3D3,9D3,23D2,33D,39D. The Morgan fingerprint density at radius 1 is 0.971 bits per heavy atom. The second-order valence-corrected chi connectivity index (χ2v) is 23.8. The third kappa shape index (κ3) is 15.7. The average molecular weight is 1010 g/mol. The summed E-state index contributed by atoms with van der Waals surface area (Å²) in [4.78, 5) is 73.6. The van der Waals surface area contributed by atoms with E-state index in [1.807, 2.05) is 13.3 Å². The van der Waals surface area contributed by atoms with Crippen LogP contribution in [0.25, 0.3) is 0 Å². The molecule has 16 atom stereocenters. The van der Waals surface area contributed by atoms with Gasteiger partial charge in [0, 0.05) is 68.0 Å². The number of methoxy groups -OCH3 is 3. The van der Waals surface area contributed by atoms with Gasteiger partial charge in [0.05, 0.1) is 28.5 Å². The highest BCUT2D eigenvalue weighted by molar-refractivity contribution is 7.67. The zero-order chi connectivity index (χ0) is 60.9. The maximum absolute atomic E-state index is 14.7. The topological polar surface area (TPSA) is 184 Å². The predicted molar refractivity (Wildman–Crippen MR) is 274 cm³/mol. The molecule has 1 unspecified atom stereocenters. The monoisotopic (exact) mass is 1010 g/mol. The van der Waals surface area contributed by atoms with E-state index in [2.05, 4.69) is 6.30 Å². The summed E-state index contributed by atoms with van der Waals surface area (Å²) in [5.74, 6) is -18.1. The Labute approximate surface area is 433 Å². The molecule has 396 valence electrons. The first-order valence-corrected chi connectivity index (χ1v) is 27.4. The number of Topliss-reactive ketones (excluding diaryl/α,β-unsaturated/α-hetero) is 3. The zero-order valence-electron chi connectivity index (χ0n) is 53.2. The third-order valence-corrected chi connectivity index (χ3v) is 15.4. The number of cyclic esters (lactones) is 1. The molecule has 15 heteroatoms. The Kier molecular flexibility index (Phi) is 17.4. The Morgan fingerprint density at radius 2 is 1.70 bits per heavy atom. The molecule has 2 N–H and O–H groups in total. The minimum atomic E-state index is -3.13. The Morgan fingerprint density at radius 3 is 2.36 bits per heavy atom. The summed E-state index contributed by atoms with van der Waals surface area (Å²) in [6.45, 7) is 10.6. The van der Waals surface area contributed by atoms with Crippen molar-refractivity contribution in [3.63, 3.8) is 0 Å².